The van der Waals surface area contributed by atoms with E-state index in [0.717, 1.165) is 28.3 Å². The highest BCUT2D eigenvalue weighted by Crippen LogP contribution is 2.21. The molecule has 1 rings (SSSR count). The topological polar surface area (TPSA) is 21.3 Å². The first-order valence-corrected chi connectivity index (χ1v) is 6.89. The van der Waals surface area contributed by atoms with Gasteiger partial charge in [0, 0.05) is 5.70 Å². The molecular formula is C19H23NO. The standard InChI is InChI=1S/C19H23NO/c1-6-12-19(21-5)18(8-3)20-17(7-2)15(4)16-13-10-9-11-14-16/h6-14,20H,1,4H2,2-3,5H3/b17-7+,18-8+,19-12+. The predicted octanol–water partition coefficient (Wildman–Crippen LogP) is 4.81. The average molecular weight is 281 g/mol. The summed E-state index contributed by atoms with van der Waals surface area (Å²) in [7, 11) is 1.64. The molecule has 0 spiro atoms. The highest BCUT2D eigenvalue weighted by atomic mass is 16.5. The van der Waals surface area contributed by atoms with Crippen LogP contribution in [0.5, 0.6) is 0 Å². The molecule has 0 aliphatic carbocycles. The van der Waals surface area contributed by atoms with Gasteiger partial charge < -0.3 is 10.1 Å². The number of nitrogens with one attached hydrogen (secondary N) is 1. The van der Waals surface area contributed by atoms with Gasteiger partial charge in [0.1, 0.15) is 5.76 Å². The van der Waals surface area contributed by atoms with Crippen LogP contribution in [-0.4, -0.2) is 7.11 Å². The summed E-state index contributed by atoms with van der Waals surface area (Å²) in [5.74, 6) is 0.729. The van der Waals surface area contributed by atoms with Gasteiger partial charge in [-0.2, -0.15) is 0 Å². The molecular weight excluding hydrogens is 258 g/mol. The lowest BCUT2D eigenvalue weighted by Crippen LogP contribution is -2.16. The van der Waals surface area contributed by atoms with Crippen LogP contribution in [0.4, 0.5) is 0 Å². The van der Waals surface area contributed by atoms with Gasteiger partial charge in [0.25, 0.3) is 0 Å². The van der Waals surface area contributed by atoms with Gasteiger partial charge in [-0.25, -0.2) is 0 Å². The molecule has 0 radical (unpaired) electrons. The van der Waals surface area contributed by atoms with E-state index in [2.05, 4.69) is 18.5 Å². The normalized spacial score (nSPS) is 12.8. The van der Waals surface area contributed by atoms with Crippen LogP contribution < -0.4 is 5.32 Å². The predicted molar refractivity (Wildman–Crippen MR) is 91.4 cm³/mol. The molecule has 1 aromatic rings. The Morgan fingerprint density at radius 3 is 2.19 bits per heavy atom. The summed E-state index contributed by atoms with van der Waals surface area (Å²) in [6.07, 6.45) is 7.48. The second kappa shape index (κ2) is 8.64. The van der Waals surface area contributed by atoms with Crippen molar-refractivity contribution >= 4 is 5.57 Å². The zero-order valence-corrected chi connectivity index (χ0v) is 13.0. The second-order valence-electron chi connectivity index (χ2n) is 4.35. The van der Waals surface area contributed by atoms with E-state index in [1.54, 1.807) is 13.2 Å². The Kier molecular flexibility index (Phi) is 6.82. The average Bonchev–Trinajstić information content (AvgIpc) is 2.54. The summed E-state index contributed by atoms with van der Waals surface area (Å²) in [6, 6.07) is 10.1. The molecule has 0 atom stereocenters. The van der Waals surface area contributed by atoms with Crippen LogP contribution in [-0.2, 0) is 4.74 Å². The SMILES string of the molecule is C=C/C=C(OC)\C(=C/C)N/C(=C/C)C(=C)c1ccccc1. The molecule has 0 amide bonds. The lowest BCUT2D eigenvalue weighted by Gasteiger charge is -2.17. The molecule has 0 bridgehead atoms. The van der Waals surface area contributed by atoms with Gasteiger partial charge >= 0.3 is 0 Å². The first-order valence-electron chi connectivity index (χ1n) is 6.89. The van der Waals surface area contributed by atoms with Crippen molar-refractivity contribution in [1.29, 1.82) is 0 Å². The van der Waals surface area contributed by atoms with Gasteiger partial charge in [-0.3, -0.25) is 0 Å². The summed E-state index contributed by atoms with van der Waals surface area (Å²) >= 11 is 0. The maximum Gasteiger partial charge on any atom is 0.141 e. The van der Waals surface area contributed by atoms with Gasteiger partial charge in [-0.05, 0) is 31.1 Å². The zero-order valence-electron chi connectivity index (χ0n) is 13.0. The van der Waals surface area contributed by atoms with Gasteiger partial charge in [-0.1, -0.05) is 61.7 Å². The summed E-state index contributed by atoms with van der Waals surface area (Å²) < 4.78 is 5.38. The Labute approximate surface area is 127 Å². The molecule has 1 N–H and O–H groups in total. The first kappa shape index (κ1) is 16.6. The van der Waals surface area contributed by atoms with E-state index in [1.807, 2.05) is 62.4 Å². The number of ether oxygens (including phenoxy) is 1. The van der Waals surface area contributed by atoms with Crippen molar-refractivity contribution in [3.05, 3.63) is 90.5 Å². The van der Waals surface area contributed by atoms with E-state index in [1.165, 1.54) is 0 Å². The van der Waals surface area contributed by atoms with Crippen LogP contribution in [0.15, 0.2) is 84.9 Å². The van der Waals surface area contributed by atoms with E-state index in [-0.39, 0.29) is 0 Å². The highest BCUT2D eigenvalue weighted by molar-refractivity contribution is 5.77. The monoisotopic (exact) mass is 281 g/mol. The molecule has 0 aromatic heterocycles. The van der Waals surface area contributed by atoms with Gasteiger partial charge in [0.05, 0.1) is 12.8 Å². The Morgan fingerprint density at radius 2 is 1.71 bits per heavy atom. The zero-order chi connectivity index (χ0) is 15.7. The van der Waals surface area contributed by atoms with Crippen molar-refractivity contribution in [2.75, 3.05) is 7.11 Å². The maximum absolute atomic E-state index is 5.38. The van der Waals surface area contributed by atoms with Crippen molar-refractivity contribution in [2.24, 2.45) is 0 Å². The molecule has 0 unspecified atom stereocenters. The third-order valence-corrected chi connectivity index (χ3v) is 3.05. The molecule has 0 aliphatic heterocycles. The number of benzene rings is 1. The maximum atomic E-state index is 5.38. The van der Waals surface area contributed by atoms with E-state index in [9.17, 15) is 0 Å². The van der Waals surface area contributed by atoms with Crippen molar-refractivity contribution < 1.29 is 4.74 Å². The number of allylic oxidation sites excluding steroid dienone is 5. The third-order valence-electron chi connectivity index (χ3n) is 3.05. The molecule has 0 heterocycles. The van der Waals surface area contributed by atoms with Crippen molar-refractivity contribution in [3.63, 3.8) is 0 Å². The summed E-state index contributed by atoms with van der Waals surface area (Å²) in [4.78, 5) is 0. The number of methoxy groups -OCH3 is 1. The fraction of sp³-hybridized carbons (Fsp3) is 0.158. The van der Waals surface area contributed by atoms with Crippen LogP contribution in [0, 0.1) is 0 Å². The van der Waals surface area contributed by atoms with Gasteiger partial charge in [0.2, 0.25) is 0 Å². The van der Waals surface area contributed by atoms with Crippen LogP contribution in [0.2, 0.25) is 0 Å². The fourth-order valence-corrected chi connectivity index (χ4v) is 1.91. The van der Waals surface area contributed by atoms with Crippen molar-refractivity contribution in [3.8, 4) is 0 Å². The fourth-order valence-electron chi connectivity index (χ4n) is 1.91. The molecule has 0 saturated heterocycles. The second-order valence-corrected chi connectivity index (χ2v) is 4.35. The minimum Gasteiger partial charge on any atom is -0.495 e. The van der Waals surface area contributed by atoms with E-state index in [4.69, 9.17) is 4.74 Å². The smallest absolute Gasteiger partial charge is 0.141 e. The van der Waals surface area contributed by atoms with E-state index in [0.29, 0.717) is 0 Å². The minimum absolute atomic E-state index is 0.729. The molecule has 2 heteroatoms. The quantitative estimate of drug-likeness (QED) is 0.572. The Balaban J connectivity index is 3.00. The third kappa shape index (κ3) is 4.53. The number of hydrogen-bond donors (Lipinski definition) is 1. The van der Waals surface area contributed by atoms with Crippen molar-refractivity contribution in [2.45, 2.75) is 13.8 Å². The van der Waals surface area contributed by atoms with Crippen LogP contribution >= 0.6 is 0 Å². The first-order chi connectivity index (χ1) is 10.2. The largest absolute Gasteiger partial charge is 0.495 e. The Bertz CT molecular complexity index is 577. The van der Waals surface area contributed by atoms with Crippen LogP contribution in [0.3, 0.4) is 0 Å². The summed E-state index contributed by atoms with van der Waals surface area (Å²) in [5, 5.41) is 3.37. The lowest BCUT2D eigenvalue weighted by atomic mass is 10.0. The molecule has 1 aromatic carbocycles. The Morgan fingerprint density at radius 1 is 1.10 bits per heavy atom. The molecule has 110 valence electrons. The van der Waals surface area contributed by atoms with Gasteiger partial charge in [0.15, 0.2) is 0 Å². The molecule has 21 heavy (non-hydrogen) atoms. The Hall–Kier alpha value is -2.48. The van der Waals surface area contributed by atoms with E-state index >= 15 is 0 Å². The van der Waals surface area contributed by atoms with Crippen LogP contribution in [0.25, 0.3) is 5.57 Å². The molecule has 0 aliphatic rings. The number of rotatable bonds is 7. The molecule has 2 nitrogen and oxygen atoms in total. The van der Waals surface area contributed by atoms with Crippen molar-refractivity contribution in [1.82, 2.24) is 5.32 Å². The number of hydrogen-bond acceptors (Lipinski definition) is 2. The van der Waals surface area contributed by atoms with Gasteiger partial charge in [-0.15, -0.1) is 0 Å². The molecule has 0 saturated carbocycles. The molecule has 0 fully saturated rings. The summed E-state index contributed by atoms with van der Waals surface area (Å²) in [5.41, 5.74) is 3.84. The lowest BCUT2D eigenvalue weighted by molar-refractivity contribution is 0.297. The van der Waals surface area contributed by atoms with E-state index < -0.39 is 0 Å². The van der Waals surface area contributed by atoms with Crippen LogP contribution in [0.1, 0.15) is 19.4 Å². The summed E-state index contributed by atoms with van der Waals surface area (Å²) in [6.45, 7) is 11.8. The highest BCUT2D eigenvalue weighted by Gasteiger charge is 2.09. The minimum atomic E-state index is 0.729.